The van der Waals surface area contributed by atoms with Crippen molar-refractivity contribution >= 4 is 5.78 Å². The molecule has 1 aromatic carbocycles. The van der Waals surface area contributed by atoms with E-state index in [2.05, 4.69) is 27.7 Å². The first-order chi connectivity index (χ1) is 17.4. The number of aromatic hydroxyl groups is 1. The SMILES string of the molecule is CC(=O)/C=C(\C(C)Cc1ccccc1O)C1CCC2(O)C1C(C)CC1C3(C)CCC(C)CC3CCC12N. The van der Waals surface area contributed by atoms with Crippen LogP contribution < -0.4 is 5.73 Å². The number of ketones is 1. The van der Waals surface area contributed by atoms with Gasteiger partial charge < -0.3 is 15.9 Å². The van der Waals surface area contributed by atoms with E-state index in [0.29, 0.717) is 29.9 Å². The molecular weight excluding hydrogens is 458 g/mol. The maximum absolute atomic E-state index is 12.7. The van der Waals surface area contributed by atoms with Gasteiger partial charge in [0.25, 0.3) is 0 Å². The van der Waals surface area contributed by atoms with Crippen LogP contribution in [0.3, 0.4) is 0 Å². The van der Waals surface area contributed by atoms with Gasteiger partial charge in [-0.2, -0.15) is 0 Å². The molecule has 10 unspecified atom stereocenters. The molecule has 4 aliphatic rings. The number of carbonyl (C=O) groups is 1. The zero-order valence-corrected chi connectivity index (χ0v) is 23.7. The lowest BCUT2D eigenvalue weighted by molar-refractivity contribution is -0.203. The van der Waals surface area contributed by atoms with Gasteiger partial charge in [-0.25, -0.2) is 0 Å². The van der Waals surface area contributed by atoms with Crippen molar-refractivity contribution in [3.8, 4) is 5.75 Å². The van der Waals surface area contributed by atoms with Gasteiger partial charge in [0.1, 0.15) is 5.75 Å². The first kappa shape index (κ1) is 26.9. The standard InChI is InChI=1S/C33H49NO3/c1-20-10-13-31(5)25(16-20)11-14-32(34)29(31)18-22(3)30-26(12-15-33(30,32)37)27(19-23(4)35)21(2)17-24-8-6-7-9-28(24)36/h6-9,19-22,25-26,29-30,36-37H,10-18,34H2,1-5H3/b27-19+. The molecule has 0 bridgehead atoms. The largest absolute Gasteiger partial charge is 0.508 e. The molecule has 0 heterocycles. The summed E-state index contributed by atoms with van der Waals surface area (Å²) in [5, 5.41) is 23.1. The predicted octanol–water partition coefficient (Wildman–Crippen LogP) is 6.43. The number of fused-ring (bicyclic) bond motifs is 5. The van der Waals surface area contributed by atoms with Crippen molar-refractivity contribution in [3.63, 3.8) is 0 Å². The van der Waals surface area contributed by atoms with Crippen LogP contribution in [-0.2, 0) is 11.2 Å². The second kappa shape index (κ2) is 9.52. The number of benzene rings is 1. The van der Waals surface area contributed by atoms with E-state index in [1.165, 1.54) is 19.3 Å². The van der Waals surface area contributed by atoms with Crippen molar-refractivity contribution in [2.75, 3.05) is 0 Å². The third kappa shape index (κ3) is 4.22. The monoisotopic (exact) mass is 507 g/mol. The number of carbonyl (C=O) groups excluding carboxylic acids is 1. The lowest BCUT2D eigenvalue weighted by Crippen LogP contribution is -2.75. The number of nitrogens with two attached hydrogens (primary N) is 1. The highest BCUT2D eigenvalue weighted by molar-refractivity contribution is 5.88. The van der Waals surface area contributed by atoms with E-state index in [1.54, 1.807) is 13.0 Å². The van der Waals surface area contributed by atoms with Crippen molar-refractivity contribution in [2.24, 2.45) is 52.6 Å². The number of rotatable bonds is 5. The van der Waals surface area contributed by atoms with Gasteiger partial charge in [0, 0.05) is 5.54 Å². The summed E-state index contributed by atoms with van der Waals surface area (Å²) in [5.41, 5.74) is 8.28. The van der Waals surface area contributed by atoms with Crippen LogP contribution in [0.2, 0.25) is 0 Å². The fourth-order valence-electron chi connectivity index (χ4n) is 10.1. The normalized spacial score (nSPS) is 44.5. The van der Waals surface area contributed by atoms with Gasteiger partial charge in [0.2, 0.25) is 0 Å². The van der Waals surface area contributed by atoms with E-state index in [0.717, 1.165) is 49.2 Å². The van der Waals surface area contributed by atoms with Crippen LogP contribution >= 0.6 is 0 Å². The fraction of sp³-hybridized carbons (Fsp3) is 0.727. The Balaban J connectivity index is 1.48. The molecule has 5 rings (SSSR count). The number of hydrogen-bond acceptors (Lipinski definition) is 4. The number of para-hydroxylation sites is 1. The number of phenols is 1. The zero-order valence-electron chi connectivity index (χ0n) is 23.7. The molecule has 10 atom stereocenters. The van der Waals surface area contributed by atoms with Gasteiger partial charge in [-0.15, -0.1) is 0 Å². The lowest BCUT2D eigenvalue weighted by atomic mass is 9.41. The molecule has 0 spiro atoms. The average molecular weight is 508 g/mol. The summed E-state index contributed by atoms with van der Waals surface area (Å²) in [5.74, 6) is 2.87. The smallest absolute Gasteiger partial charge is 0.152 e. The summed E-state index contributed by atoms with van der Waals surface area (Å²) in [4.78, 5) is 12.5. The molecule has 4 aliphatic carbocycles. The lowest BCUT2D eigenvalue weighted by Gasteiger charge is -2.67. The first-order valence-corrected chi connectivity index (χ1v) is 14.9. The Hall–Kier alpha value is -1.65. The molecule has 4 saturated carbocycles. The Morgan fingerprint density at radius 1 is 1.14 bits per heavy atom. The van der Waals surface area contributed by atoms with Gasteiger partial charge >= 0.3 is 0 Å². The topological polar surface area (TPSA) is 83.5 Å². The summed E-state index contributed by atoms with van der Waals surface area (Å²) in [7, 11) is 0. The number of hydrogen-bond donors (Lipinski definition) is 3. The molecule has 4 nitrogen and oxygen atoms in total. The van der Waals surface area contributed by atoms with Crippen molar-refractivity contribution in [3.05, 3.63) is 41.5 Å². The molecule has 37 heavy (non-hydrogen) atoms. The van der Waals surface area contributed by atoms with Crippen molar-refractivity contribution in [1.82, 2.24) is 0 Å². The van der Waals surface area contributed by atoms with Crippen LogP contribution in [0, 0.1) is 46.8 Å². The van der Waals surface area contributed by atoms with Crippen molar-refractivity contribution < 1.29 is 15.0 Å². The minimum absolute atomic E-state index is 0.0581. The molecule has 0 aromatic heterocycles. The number of aliphatic hydroxyl groups is 1. The van der Waals surface area contributed by atoms with Crippen LogP contribution in [0.1, 0.15) is 91.5 Å². The Labute approximate surface area is 224 Å². The molecule has 204 valence electrons. The van der Waals surface area contributed by atoms with Gasteiger partial charge in [-0.05, 0) is 123 Å². The van der Waals surface area contributed by atoms with Crippen LogP contribution in [-0.4, -0.2) is 27.1 Å². The van der Waals surface area contributed by atoms with Crippen LogP contribution in [0.4, 0.5) is 0 Å². The summed E-state index contributed by atoms with van der Waals surface area (Å²) < 4.78 is 0. The van der Waals surface area contributed by atoms with E-state index in [4.69, 9.17) is 5.73 Å². The van der Waals surface area contributed by atoms with Crippen LogP contribution in [0.5, 0.6) is 5.75 Å². The molecule has 4 fully saturated rings. The molecule has 0 amide bonds. The van der Waals surface area contributed by atoms with E-state index >= 15 is 0 Å². The zero-order chi connectivity index (χ0) is 26.8. The molecule has 1 aromatic rings. The molecule has 0 aliphatic heterocycles. The Morgan fingerprint density at radius 2 is 1.86 bits per heavy atom. The van der Waals surface area contributed by atoms with Crippen molar-refractivity contribution in [2.45, 2.75) is 104 Å². The third-order valence-corrected chi connectivity index (χ3v) is 11.9. The summed E-state index contributed by atoms with van der Waals surface area (Å²) >= 11 is 0. The highest BCUT2D eigenvalue weighted by atomic mass is 16.3. The van der Waals surface area contributed by atoms with Gasteiger partial charge in [0.15, 0.2) is 5.78 Å². The van der Waals surface area contributed by atoms with E-state index in [1.807, 2.05) is 24.3 Å². The van der Waals surface area contributed by atoms with Gasteiger partial charge in [0.05, 0.1) is 5.60 Å². The van der Waals surface area contributed by atoms with E-state index in [-0.39, 0.29) is 29.0 Å². The quantitative estimate of drug-likeness (QED) is 0.401. The van der Waals surface area contributed by atoms with E-state index < -0.39 is 11.1 Å². The molecule has 4 N–H and O–H groups in total. The van der Waals surface area contributed by atoms with Gasteiger partial charge in [-0.1, -0.05) is 57.9 Å². The van der Waals surface area contributed by atoms with Crippen LogP contribution in [0.15, 0.2) is 35.9 Å². The highest BCUT2D eigenvalue weighted by Gasteiger charge is 2.70. The van der Waals surface area contributed by atoms with E-state index in [9.17, 15) is 15.0 Å². The summed E-state index contributed by atoms with van der Waals surface area (Å²) in [6, 6.07) is 7.50. The molecule has 0 saturated heterocycles. The molecule has 0 radical (unpaired) electrons. The number of allylic oxidation sites excluding steroid dienone is 2. The second-order valence-corrected chi connectivity index (χ2v) is 14.0. The highest BCUT2D eigenvalue weighted by Crippen LogP contribution is 2.68. The van der Waals surface area contributed by atoms with Crippen molar-refractivity contribution in [1.29, 1.82) is 0 Å². The summed E-state index contributed by atoms with van der Waals surface area (Å²) in [6.45, 7) is 11.0. The number of phenolic OH excluding ortho intramolecular Hbond substituents is 1. The second-order valence-electron chi connectivity index (χ2n) is 14.0. The van der Waals surface area contributed by atoms with Gasteiger partial charge in [-0.3, -0.25) is 4.79 Å². The molecular formula is C33H49NO3. The fourth-order valence-corrected chi connectivity index (χ4v) is 10.1. The average Bonchev–Trinajstić information content (AvgIpc) is 3.20. The van der Waals surface area contributed by atoms with Crippen LogP contribution in [0.25, 0.3) is 0 Å². The first-order valence-electron chi connectivity index (χ1n) is 14.9. The summed E-state index contributed by atoms with van der Waals surface area (Å²) in [6.07, 6.45) is 11.0. The Morgan fingerprint density at radius 3 is 2.57 bits per heavy atom. The molecule has 4 heteroatoms. The Bertz CT molecular complexity index is 1070. The minimum atomic E-state index is -0.901. The maximum atomic E-state index is 12.7. The predicted molar refractivity (Wildman–Crippen MR) is 149 cm³/mol. The maximum Gasteiger partial charge on any atom is 0.152 e. The Kier molecular flexibility index (Phi) is 6.93. The minimum Gasteiger partial charge on any atom is -0.508 e. The third-order valence-electron chi connectivity index (χ3n) is 11.9.